The predicted octanol–water partition coefficient (Wildman–Crippen LogP) is 0.977. The maximum atomic E-state index is 11.4. The third-order valence-electron chi connectivity index (χ3n) is 3.04. The van der Waals surface area contributed by atoms with Crippen LogP contribution in [0.1, 0.15) is 12.5 Å². The van der Waals surface area contributed by atoms with Crippen molar-refractivity contribution in [3.63, 3.8) is 0 Å². The van der Waals surface area contributed by atoms with E-state index < -0.39 is 0 Å². The van der Waals surface area contributed by atoms with Gasteiger partial charge >= 0.3 is 0 Å². The molecule has 0 spiro atoms. The summed E-state index contributed by atoms with van der Waals surface area (Å²) in [4.78, 5) is 13.4. The van der Waals surface area contributed by atoms with E-state index in [4.69, 9.17) is 9.47 Å². The average molecular weight is 282 g/mol. The molecule has 0 bridgehead atoms. The van der Waals surface area contributed by atoms with Crippen LogP contribution in [0.15, 0.2) is 12.1 Å². The molecule has 1 aromatic carbocycles. The molecular weight excluding hydrogens is 260 g/mol. The number of hydrogen-bond donors (Lipinski definition) is 2. The Balaban J connectivity index is 2.92. The zero-order chi connectivity index (χ0) is 15.1. The molecule has 0 aliphatic rings. The Morgan fingerprint density at radius 1 is 1.30 bits per heavy atom. The molecule has 0 atom stereocenters. The van der Waals surface area contributed by atoms with Gasteiger partial charge in [-0.2, -0.15) is 0 Å². The summed E-state index contributed by atoms with van der Waals surface area (Å²) in [6.07, 6.45) is 0. The topological polar surface area (TPSA) is 71.0 Å². The minimum Gasteiger partial charge on any atom is -0.502 e. The van der Waals surface area contributed by atoms with Gasteiger partial charge in [0, 0.05) is 13.6 Å². The highest BCUT2D eigenvalue weighted by molar-refractivity contribution is 5.77. The minimum absolute atomic E-state index is 0.0203. The summed E-state index contributed by atoms with van der Waals surface area (Å²) in [5.74, 6) is 0.656. The SMILES string of the molecule is CCN(CC(=O)NC)Cc1cc(OC)c(O)c(OC)c1. The molecule has 20 heavy (non-hydrogen) atoms. The summed E-state index contributed by atoms with van der Waals surface area (Å²) < 4.78 is 10.2. The van der Waals surface area contributed by atoms with Crippen LogP contribution < -0.4 is 14.8 Å². The first-order valence-electron chi connectivity index (χ1n) is 6.42. The molecule has 6 heteroatoms. The predicted molar refractivity (Wildman–Crippen MR) is 76.2 cm³/mol. The number of phenolic OH excluding ortho intramolecular Hbond substituents is 1. The first-order valence-corrected chi connectivity index (χ1v) is 6.42. The van der Waals surface area contributed by atoms with Gasteiger partial charge in [0.05, 0.1) is 20.8 Å². The number of nitrogens with zero attached hydrogens (tertiary/aromatic N) is 1. The van der Waals surface area contributed by atoms with Gasteiger partial charge in [-0.15, -0.1) is 0 Å². The molecule has 1 rings (SSSR count). The van der Waals surface area contributed by atoms with E-state index >= 15 is 0 Å². The smallest absolute Gasteiger partial charge is 0.233 e. The van der Waals surface area contributed by atoms with E-state index in [1.54, 1.807) is 19.2 Å². The lowest BCUT2D eigenvalue weighted by Crippen LogP contribution is -2.35. The molecule has 0 fully saturated rings. The van der Waals surface area contributed by atoms with Crippen LogP contribution >= 0.6 is 0 Å². The van der Waals surface area contributed by atoms with E-state index in [2.05, 4.69) is 5.32 Å². The highest BCUT2D eigenvalue weighted by Gasteiger charge is 2.14. The lowest BCUT2D eigenvalue weighted by molar-refractivity contribution is -0.121. The van der Waals surface area contributed by atoms with Crippen LogP contribution in [0.2, 0.25) is 0 Å². The number of hydrogen-bond acceptors (Lipinski definition) is 5. The molecule has 0 saturated heterocycles. The van der Waals surface area contributed by atoms with E-state index in [9.17, 15) is 9.90 Å². The Hall–Kier alpha value is -1.95. The molecule has 0 radical (unpaired) electrons. The van der Waals surface area contributed by atoms with E-state index in [1.165, 1.54) is 14.2 Å². The van der Waals surface area contributed by atoms with Crippen LogP contribution in [0, 0.1) is 0 Å². The highest BCUT2D eigenvalue weighted by Crippen LogP contribution is 2.37. The number of carbonyl (C=O) groups is 1. The summed E-state index contributed by atoms with van der Waals surface area (Å²) >= 11 is 0. The largest absolute Gasteiger partial charge is 0.502 e. The van der Waals surface area contributed by atoms with E-state index in [-0.39, 0.29) is 11.7 Å². The first kappa shape index (κ1) is 16.1. The van der Waals surface area contributed by atoms with Gasteiger partial charge in [0.2, 0.25) is 11.7 Å². The Morgan fingerprint density at radius 3 is 2.25 bits per heavy atom. The standard InChI is InChI=1S/C14H22N2O4/c1-5-16(9-13(17)15-2)8-10-6-11(19-3)14(18)12(7-10)20-4/h6-7,18H,5,8-9H2,1-4H3,(H,15,17). The van der Waals surface area contributed by atoms with Crippen LogP contribution in [0.5, 0.6) is 17.2 Å². The fourth-order valence-corrected chi connectivity index (χ4v) is 1.86. The van der Waals surface area contributed by atoms with Gasteiger partial charge in [-0.05, 0) is 24.2 Å². The van der Waals surface area contributed by atoms with Crippen molar-refractivity contribution in [2.24, 2.45) is 0 Å². The Morgan fingerprint density at radius 2 is 1.85 bits per heavy atom. The van der Waals surface area contributed by atoms with Crippen LogP contribution in [0.25, 0.3) is 0 Å². The number of rotatable bonds is 7. The molecule has 0 saturated carbocycles. The van der Waals surface area contributed by atoms with Gasteiger partial charge in [-0.25, -0.2) is 0 Å². The molecular formula is C14H22N2O4. The molecule has 112 valence electrons. The molecule has 0 heterocycles. The van der Waals surface area contributed by atoms with Crippen LogP contribution in [0.3, 0.4) is 0 Å². The van der Waals surface area contributed by atoms with Crippen molar-refractivity contribution in [3.8, 4) is 17.2 Å². The number of phenols is 1. The quantitative estimate of drug-likeness (QED) is 0.780. The number of benzene rings is 1. The number of nitrogens with one attached hydrogen (secondary N) is 1. The van der Waals surface area contributed by atoms with Crippen molar-refractivity contribution in [3.05, 3.63) is 17.7 Å². The second-order valence-electron chi connectivity index (χ2n) is 4.33. The number of amides is 1. The molecule has 0 unspecified atom stereocenters. The Bertz CT molecular complexity index is 437. The van der Waals surface area contributed by atoms with E-state index in [0.29, 0.717) is 24.6 Å². The summed E-state index contributed by atoms with van der Waals surface area (Å²) in [5, 5.41) is 12.5. The normalized spacial score (nSPS) is 10.4. The maximum absolute atomic E-state index is 11.4. The van der Waals surface area contributed by atoms with Crippen LogP contribution in [0.4, 0.5) is 0 Å². The summed E-state index contributed by atoms with van der Waals surface area (Å²) in [5.41, 5.74) is 0.905. The van der Waals surface area contributed by atoms with Gasteiger partial charge in [0.1, 0.15) is 0 Å². The van der Waals surface area contributed by atoms with Crippen molar-refractivity contribution >= 4 is 5.91 Å². The molecule has 0 aliphatic heterocycles. The fourth-order valence-electron chi connectivity index (χ4n) is 1.86. The van der Waals surface area contributed by atoms with Crippen molar-refractivity contribution in [2.75, 3.05) is 34.4 Å². The molecule has 2 N–H and O–H groups in total. The Labute approximate surface area is 119 Å². The zero-order valence-corrected chi connectivity index (χ0v) is 12.4. The number of likely N-dealkylation sites (N-methyl/N-ethyl adjacent to an activating group) is 2. The van der Waals surface area contributed by atoms with Gasteiger partial charge in [-0.1, -0.05) is 6.92 Å². The summed E-state index contributed by atoms with van der Waals surface area (Å²) in [6.45, 7) is 3.60. The number of carbonyl (C=O) groups excluding carboxylic acids is 1. The fraction of sp³-hybridized carbons (Fsp3) is 0.500. The van der Waals surface area contributed by atoms with Crippen molar-refractivity contribution in [1.82, 2.24) is 10.2 Å². The molecule has 1 aromatic rings. The third-order valence-corrected chi connectivity index (χ3v) is 3.04. The third kappa shape index (κ3) is 4.03. The second-order valence-corrected chi connectivity index (χ2v) is 4.33. The lowest BCUT2D eigenvalue weighted by Gasteiger charge is -2.20. The number of aromatic hydroxyl groups is 1. The van der Waals surface area contributed by atoms with E-state index in [1.807, 2.05) is 11.8 Å². The number of methoxy groups -OCH3 is 2. The monoisotopic (exact) mass is 282 g/mol. The highest BCUT2D eigenvalue weighted by atomic mass is 16.5. The van der Waals surface area contributed by atoms with Crippen molar-refractivity contribution in [2.45, 2.75) is 13.5 Å². The summed E-state index contributed by atoms with van der Waals surface area (Å²) in [7, 11) is 4.59. The molecule has 0 aliphatic carbocycles. The van der Waals surface area contributed by atoms with Gasteiger partial charge in [0.25, 0.3) is 0 Å². The maximum Gasteiger partial charge on any atom is 0.233 e. The van der Waals surface area contributed by atoms with Crippen molar-refractivity contribution in [1.29, 1.82) is 0 Å². The molecule has 6 nitrogen and oxygen atoms in total. The van der Waals surface area contributed by atoms with Gasteiger partial charge in [0.15, 0.2) is 11.5 Å². The minimum atomic E-state index is -0.0374. The zero-order valence-electron chi connectivity index (χ0n) is 12.4. The van der Waals surface area contributed by atoms with Gasteiger partial charge < -0.3 is 19.9 Å². The number of ether oxygens (including phenoxy) is 2. The molecule has 1 amide bonds. The second kappa shape index (κ2) is 7.59. The lowest BCUT2D eigenvalue weighted by atomic mass is 10.1. The van der Waals surface area contributed by atoms with Crippen molar-refractivity contribution < 1.29 is 19.4 Å². The first-order chi connectivity index (χ1) is 9.55. The van der Waals surface area contributed by atoms with Gasteiger partial charge in [-0.3, -0.25) is 9.69 Å². The Kier molecular flexibility index (Phi) is 6.11. The summed E-state index contributed by atoms with van der Waals surface area (Å²) in [6, 6.07) is 3.48. The average Bonchev–Trinajstić information content (AvgIpc) is 2.47. The van der Waals surface area contributed by atoms with E-state index in [0.717, 1.165) is 12.1 Å². The van der Waals surface area contributed by atoms with Crippen LogP contribution in [-0.2, 0) is 11.3 Å². The molecule has 0 aromatic heterocycles. The van der Waals surface area contributed by atoms with Crippen LogP contribution in [-0.4, -0.2) is 50.3 Å².